The fourth-order valence-corrected chi connectivity index (χ4v) is 2.11. The van der Waals surface area contributed by atoms with E-state index in [2.05, 4.69) is 14.7 Å². The first-order valence-corrected chi connectivity index (χ1v) is 7.07. The number of anilines is 1. The summed E-state index contributed by atoms with van der Waals surface area (Å²) in [4.78, 5) is 8.09. The lowest BCUT2D eigenvalue weighted by Crippen LogP contribution is -2.15. The van der Waals surface area contributed by atoms with E-state index in [4.69, 9.17) is 23.2 Å². The molecule has 0 unspecified atom stereocenters. The molecule has 0 bridgehead atoms. The molecule has 0 aliphatic carbocycles. The van der Waals surface area contributed by atoms with E-state index < -0.39 is 15.2 Å². The highest BCUT2D eigenvalue weighted by atomic mass is 35.5. The van der Waals surface area contributed by atoms with Gasteiger partial charge in [0.15, 0.2) is 11.0 Å². The minimum Gasteiger partial charge on any atom is -0.264 e. The van der Waals surface area contributed by atoms with Crippen LogP contribution in [0.3, 0.4) is 0 Å². The summed E-state index contributed by atoms with van der Waals surface area (Å²) in [6.45, 7) is 0. The maximum absolute atomic E-state index is 11.3. The third kappa shape index (κ3) is 2.77. The molecule has 1 aromatic heterocycles. The highest BCUT2D eigenvalue weighted by molar-refractivity contribution is 7.93. The summed E-state index contributed by atoms with van der Waals surface area (Å²) in [5.74, 6) is -0.0222. The quantitative estimate of drug-likeness (QED) is 0.880. The lowest BCUT2D eigenvalue weighted by Gasteiger charge is -2.06. The van der Waals surface area contributed by atoms with Crippen molar-refractivity contribution in [3.05, 3.63) is 29.4 Å². The van der Waals surface area contributed by atoms with Gasteiger partial charge >= 0.3 is 0 Å². The zero-order valence-corrected chi connectivity index (χ0v) is 10.7. The zero-order valence-electron chi connectivity index (χ0n) is 8.39. The van der Waals surface area contributed by atoms with Crippen molar-refractivity contribution in [1.29, 1.82) is 0 Å². The van der Waals surface area contributed by atoms with Gasteiger partial charge in [0, 0.05) is 0 Å². The number of aromatic nitrogens is 2. The predicted octanol–water partition coefficient (Wildman–Crippen LogP) is 2.22. The van der Waals surface area contributed by atoms with Gasteiger partial charge in [0.1, 0.15) is 5.21 Å². The Bertz CT molecular complexity index is 660. The minimum atomic E-state index is -3.64. The summed E-state index contributed by atoms with van der Waals surface area (Å²) in [5, 5.41) is -0.588. The van der Waals surface area contributed by atoms with Crippen LogP contribution < -0.4 is 4.72 Å². The highest BCUT2D eigenvalue weighted by Crippen LogP contribution is 2.21. The number of benzene rings is 1. The molecule has 2 aromatic rings. The molecule has 0 saturated heterocycles. The number of hydrogen-bond acceptors (Lipinski definition) is 4. The van der Waals surface area contributed by atoms with Crippen molar-refractivity contribution in [3.8, 4) is 0 Å². The van der Waals surface area contributed by atoms with Crippen molar-refractivity contribution in [2.24, 2.45) is 0 Å². The van der Waals surface area contributed by atoms with Gasteiger partial charge in [-0.2, -0.15) is 0 Å². The van der Waals surface area contributed by atoms with E-state index in [1.807, 2.05) is 0 Å². The molecular formula is C9H7Cl2N3O2S. The topological polar surface area (TPSA) is 72.0 Å². The standard InChI is InChI=1S/C9H7Cl2N3O2S/c10-5-17(15,16)14-9-8(11)12-6-3-1-2-4-7(6)13-9/h1-4H,5H2,(H,13,14). The molecule has 0 spiro atoms. The first-order valence-electron chi connectivity index (χ1n) is 4.50. The Balaban J connectivity index is 2.52. The Labute approximate surface area is 108 Å². The molecule has 0 aliphatic heterocycles. The molecule has 5 nitrogen and oxygen atoms in total. The number of halogens is 2. The molecule has 1 N–H and O–H groups in total. The molecule has 90 valence electrons. The number of rotatable bonds is 3. The Hall–Kier alpha value is -1.11. The van der Waals surface area contributed by atoms with Crippen molar-refractivity contribution in [2.75, 3.05) is 9.93 Å². The third-order valence-electron chi connectivity index (χ3n) is 1.92. The Morgan fingerprint density at radius 1 is 1.18 bits per heavy atom. The average Bonchev–Trinajstić information content (AvgIpc) is 2.30. The molecule has 0 fully saturated rings. The van der Waals surface area contributed by atoms with Gasteiger partial charge in [-0.3, -0.25) is 4.72 Å². The number of sulfonamides is 1. The zero-order chi connectivity index (χ0) is 12.5. The second kappa shape index (κ2) is 4.64. The summed E-state index contributed by atoms with van der Waals surface area (Å²) in [5.41, 5.74) is 1.13. The highest BCUT2D eigenvalue weighted by Gasteiger charge is 2.13. The van der Waals surface area contributed by atoms with Crippen molar-refractivity contribution < 1.29 is 8.42 Å². The fraction of sp³-hybridized carbons (Fsp3) is 0.111. The van der Waals surface area contributed by atoms with Gasteiger partial charge in [-0.15, -0.1) is 11.6 Å². The van der Waals surface area contributed by atoms with E-state index in [0.717, 1.165) is 0 Å². The summed E-state index contributed by atoms with van der Waals surface area (Å²) in [6, 6.07) is 6.99. The monoisotopic (exact) mass is 291 g/mol. The minimum absolute atomic E-state index is 0.0163. The second-order valence-corrected chi connectivity index (χ2v) is 5.84. The van der Waals surface area contributed by atoms with Crippen molar-refractivity contribution >= 4 is 50.1 Å². The Morgan fingerprint density at radius 3 is 2.35 bits per heavy atom. The Kier molecular flexibility index (Phi) is 3.37. The van der Waals surface area contributed by atoms with Crippen LogP contribution in [0.4, 0.5) is 5.82 Å². The van der Waals surface area contributed by atoms with E-state index in [1.165, 1.54) is 0 Å². The molecule has 1 aromatic carbocycles. The lowest BCUT2D eigenvalue weighted by molar-refractivity contribution is 0.605. The van der Waals surface area contributed by atoms with Crippen LogP contribution in [0.25, 0.3) is 11.0 Å². The van der Waals surface area contributed by atoms with Crippen LogP contribution in [0.5, 0.6) is 0 Å². The van der Waals surface area contributed by atoms with Gasteiger partial charge in [0.25, 0.3) is 0 Å². The average molecular weight is 292 g/mol. The summed E-state index contributed by atoms with van der Waals surface area (Å²) >= 11 is 11.1. The number of nitrogens with one attached hydrogen (secondary N) is 1. The maximum atomic E-state index is 11.3. The second-order valence-electron chi connectivity index (χ2n) is 3.18. The molecule has 0 saturated carbocycles. The smallest absolute Gasteiger partial charge is 0.248 e. The molecule has 0 atom stereocenters. The normalized spacial score (nSPS) is 11.6. The predicted molar refractivity (Wildman–Crippen MR) is 67.8 cm³/mol. The Morgan fingerprint density at radius 2 is 1.76 bits per heavy atom. The van der Waals surface area contributed by atoms with E-state index in [1.54, 1.807) is 24.3 Å². The van der Waals surface area contributed by atoms with Crippen molar-refractivity contribution in [3.63, 3.8) is 0 Å². The first kappa shape index (κ1) is 12.3. The SMILES string of the molecule is O=S(=O)(CCl)Nc1nc2ccccc2nc1Cl. The van der Waals surface area contributed by atoms with Gasteiger partial charge in [0.05, 0.1) is 11.0 Å². The summed E-state index contributed by atoms with van der Waals surface area (Å²) in [6.07, 6.45) is 0. The van der Waals surface area contributed by atoms with Crippen LogP contribution in [-0.4, -0.2) is 23.6 Å². The molecular weight excluding hydrogens is 285 g/mol. The maximum Gasteiger partial charge on any atom is 0.248 e. The van der Waals surface area contributed by atoms with Gasteiger partial charge < -0.3 is 0 Å². The van der Waals surface area contributed by atoms with Crippen molar-refractivity contribution in [1.82, 2.24) is 9.97 Å². The van der Waals surface area contributed by atoms with Crippen LogP contribution >= 0.6 is 23.2 Å². The first-order chi connectivity index (χ1) is 8.02. The number of hydrogen-bond donors (Lipinski definition) is 1. The number of para-hydroxylation sites is 2. The third-order valence-corrected chi connectivity index (χ3v) is 3.84. The molecule has 0 radical (unpaired) electrons. The van der Waals surface area contributed by atoms with Gasteiger partial charge in [-0.25, -0.2) is 18.4 Å². The largest absolute Gasteiger partial charge is 0.264 e. The molecule has 0 aliphatic rings. The van der Waals surface area contributed by atoms with Crippen molar-refractivity contribution in [2.45, 2.75) is 0 Å². The van der Waals surface area contributed by atoms with Crippen LogP contribution in [-0.2, 0) is 10.0 Å². The van der Waals surface area contributed by atoms with E-state index in [0.29, 0.717) is 11.0 Å². The van der Waals surface area contributed by atoms with E-state index in [9.17, 15) is 8.42 Å². The lowest BCUT2D eigenvalue weighted by atomic mass is 10.3. The van der Waals surface area contributed by atoms with Crippen LogP contribution in [0.15, 0.2) is 24.3 Å². The number of nitrogens with zero attached hydrogens (tertiary/aromatic N) is 2. The molecule has 0 amide bonds. The van der Waals surface area contributed by atoms with Gasteiger partial charge in [0.2, 0.25) is 10.0 Å². The van der Waals surface area contributed by atoms with Gasteiger partial charge in [-0.1, -0.05) is 23.7 Å². The molecule has 17 heavy (non-hydrogen) atoms. The summed E-state index contributed by atoms with van der Waals surface area (Å²) < 4.78 is 24.7. The number of alkyl halides is 1. The molecule has 1 heterocycles. The van der Waals surface area contributed by atoms with Gasteiger partial charge in [-0.05, 0) is 12.1 Å². The summed E-state index contributed by atoms with van der Waals surface area (Å²) in [7, 11) is -3.64. The van der Waals surface area contributed by atoms with E-state index in [-0.39, 0.29) is 11.0 Å². The van der Waals surface area contributed by atoms with E-state index >= 15 is 0 Å². The van der Waals surface area contributed by atoms with Crippen LogP contribution in [0.1, 0.15) is 0 Å². The van der Waals surface area contributed by atoms with Crippen LogP contribution in [0.2, 0.25) is 5.15 Å². The fourth-order valence-electron chi connectivity index (χ4n) is 1.22. The number of fused-ring (bicyclic) bond motifs is 1. The van der Waals surface area contributed by atoms with Crippen LogP contribution in [0, 0.1) is 0 Å². The molecule has 2 rings (SSSR count). The molecule has 8 heteroatoms.